The zero-order valence-electron chi connectivity index (χ0n) is 18.3. The number of carbonyl (C=O) groups excluding carboxylic acids is 1. The standard InChI is InChI=1S/C23H22ClN7O2/c1-13(14-8-10-17(24)11-9-14)27-23-30-29-21(33-23)19-20(25)26-12-18(28-19)15-4-6-16(7-5-15)22(32)31(2)3/h4-13H,1-3H3,(H2,25,26)(H,27,30)/t13-/m0/s1. The highest BCUT2D eigenvalue weighted by molar-refractivity contribution is 6.30. The Morgan fingerprint density at radius 2 is 1.79 bits per heavy atom. The van der Waals surface area contributed by atoms with Gasteiger partial charge in [-0.05, 0) is 36.8 Å². The lowest BCUT2D eigenvalue weighted by Crippen LogP contribution is -2.21. The Hall–Kier alpha value is -3.98. The smallest absolute Gasteiger partial charge is 0.316 e. The zero-order chi connectivity index (χ0) is 23.5. The predicted molar refractivity (Wildman–Crippen MR) is 127 cm³/mol. The first kappa shape index (κ1) is 22.2. The summed E-state index contributed by atoms with van der Waals surface area (Å²) in [6.07, 6.45) is 1.56. The molecule has 10 heteroatoms. The minimum Gasteiger partial charge on any atom is -0.402 e. The van der Waals surface area contributed by atoms with E-state index in [-0.39, 0.29) is 35.4 Å². The SMILES string of the molecule is C[C@H](Nc1nnc(-c2nc(-c3ccc(C(=O)N(C)C)cc3)cnc2N)o1)c1ccc(Cl)cc1. The van der Waals surface area contributed by atoms with Gasteiger partial charge in [-0.3, -0.25) is 4.79 Å². The van der Waals surface area contributed by atoms with Gasteiger partial charge in [-0.15, -0.1) is 5.10 Å². The van der Waals surface area contributed by atoms with Crippen molar-refractivity contribution in [1.29, 1.82) is 0 Å². The van der Waals surface area contributed by atoms with Crippen LogP contribution in [0.3, 0.4) is 0 Å². The lowest BCUT2D eigenvalue weighted by molar-refractivity contribution is 0.0827. The topological polar surface area (TPSA) is 123 Å². The number of rotatable bonds is 6. The number of amides is 1. The van der Waals surface area contributed by atoms with Gasteiger partial charge in [-0.25, -0.2) is 9.97 Å². The van der Waals surface area contributed by atoms with Crippen molar-refractivity contribution in [3.63, 3.8) is 0 Å². The second kappa shape index (κ2) is 9.25. The molecule has 168 valence electrons. The van der Waals surface area contributed by atoms with Crippen LogP contribution in [0.1, 0.15) is 28.9 Å². The van der Waals surface area contributed by atoms with Gasteiger partial charge in [0.15, 0.2) is 11.5 Å². The summed E-state index contributed by atoms with van der Waals surface area (Å²) < 4.78 is 5.74. The summed E-state index contributed by atoms with van der Waals surface area (Å²) in [5.74, 6) is 0.232. The third-order valence-corrected chi connectivity index (χ3v) is 5.22. The molecule has 1 atom stereocenters. The van der Waals surface area contributed by atoms with Crippen LogP contribution >= 0.6 is 11.6 Å². The van der Waals surface area contributed by atoms with E-state index in [1.807, 2.05) is 31.2 Å². The van der Waals surface area contributed by atoms with Crippen molar-refractivity contribution in [1.82, 2.24) is 25.1 Å². The van der Waals surface area contributed by atoms with E-state index in [0.717, 1.165) is 11.1 Å². The number of nitrogen functional groups attached to an aromatic ring is 1. The van der Waals surface area contributed by atoms with E-state index in [9.17, 15) is 4.79 Å². The van der Waals surface area contributed by atoms with Crippen LogP contribution in [0.4, 0.5) is 11.8 Å². The van der Waals surface area contributed by atoms with Crippen molar-refractivity contribution in [3.05, 3.63) is 70.9 Å². The Morgan fingerprint density at radius 1 is 1.09 bits per heavy atom. The number of aromatic nitrogens is 4. The van der Waals surface area contributed by atoms with Gasteiger partial charge in [0.1, 0.15) is 0 Å². The number of benzene rings is 2. The maximum Gasteiger partial charge on any atom is 0.316 e. The molecule has 0 fully saturated rings. The fraction of sp³-hybridized carbons (Fsp3) is 0.174. The quantitative estimate of drug-likeness (QED) is 0.433. The largest absolute Gasteiger partial charge is 0.402 e. The fourth-order valence-electron chi connectivity index (χ4n) is 3.13. The Bertz CT molecular complexity index is 1270. The summed E-state index contributed by atoms with van der Waals surface area (Å²) in [5, 5.41) is 11.9. The molecular weight excluding hydrogens is 442 g/mol. The normalized spacial score (nSPS) is 11.8. The van der Waals surface area contributed by atoms with Gasteiger partial charge in [-0.2, -0.15) is 0 Å². The number of carbonyl (C=O) groups is 1. The number of nitrogens with one attached hydrogen (secondary N) is 1. The lowest BCUT2D eigenvalue weighted by atomic mass is 10.1. The monoisotopic (exact) mass is 463 g/mol. The second-order valence-corrected chi connectivity index (χ2v) is 8.03. The number of hydrogen-bond donors (Lipinski definition) is 2. The first-order valence-corrected chi connectivity index (χ1v) is 10.5. The molecule has 0 aliphatic rings. The summed E-state index contributed by atoms with van der Waals surface area (Å²) >= 11 is 5.95. The maximum absolute atomic E-state index is 12.1. The third-order valence-electron chi connectivity index (χ3n) is 4.97. The molecule has 3 N–H and O–H groups in total. The number of nitrogens with two attached hydrogens (primary N) is 1. The zero-order valence-corrected chi connectivity index (χ0v) is 19.0. The van der Waals surface area contributed by atoms with Crippen LogP contribution in [-0.2, 0) is 0 Å². The summed E-state index contributed by atoms with van der Waals surface area (Å²) in [6, 6.07) is 14.7. The van der Waals surface area contributed by atoms with Crippen LogP contribution in [0, 0.1) is 0 Å². The van der Waals surface area contributed by atoms with Crippen molar-refractivity contribution in [2.45, 2.75) is 13.0 Å². The molecule has 0 radical (unpaired) electrons. The van der Waals surface area contributed by atoms with Crippen molar-refractivity contribution in [2.24, 2.45) is 0 Å². The third kappa shape index (κ3) is 4.93. The highest BCUT2D eigenvalue weighted by atomic mass is 35.5. The fourth-order valence-corrected chi connectivity index (χ4v) is 3.26. The summed E-state index contributed by atoms with van der Waals surface area (Å²) in [4.78, 5) is 22.4. The average molecular weight is 464 g/mol. The Balaban J connectivity index is 1.55. The Labute approximate surface area is 195 Å². The summed E-state index contributed by atoms with van der Waals surface area (Å²) in [7, 11) is 3.41. The highest BCUT2D eigenvalue weighted by Gasteiger charge is 2.18. The lowest BCUT2D eigenvalue weighted by Gasteiger charge is -2.12. The molecule has 1 amide bonds. The average Bonchev–Trinajstić information content (AvgIpc) is 3.27. The van der Waals surface area contributed by atoms with Gasteiger partial charge in [0.25, 0.3) is 11.8 Å². The number of hydrogen-bond acceptors (Lipinski definition) is 8. The van der Waals surface area contributed by atoms with Gasteiger partial charge in [0.05, 0.1) is 17.9 Å². The van der Waals surface area contributed by atoms with Crippen molar-refractivity contribution in [3.8, 4) is 22.8 Å². The molecule has 4 aromatic rings. The molecule has 0 bridgehead atoms. The first-order valence-electron chi connectivity index (χ1n) is 10.1. The van der Waals surface area contributed by atoms with E-state index in [0.29, 0.717) is 16.3 Å². The number of halogens is 1. The Morgan fingerprint density at radius 3 is 2.45 bits per heavy atom. The highest BCUT2D eigenvalue weighted by Crippen LogP contribution is 2.28. The number of nitrogens with zero attached hydrogens (tertiary/aromatic N) is 5. The van der Waals surface area contributed by atoms with Crippen LogP contribution in [0.15, 0.2) is 59.1 Å². The molecule has 9 nitrogen and oxygen atoms in total. The molecule has 0 spiro atoms. The van der Waals surface area contributed by atoms with Gasteiger partial charge < -0.3 is 20.4 Å². The van der Waals surface area contributed by atoms with Crippen molar-refractivity contribution < 1.29 is 9.21 Å². The molecule has 33 heavy (non-hydrogen) atoms. The van der Waals surface area contributed by atoms with Gasteiger partial charge >= 0.3 is 6.01 Å². The van der Waals surface area contributed by atoms with Crippen molar-refractivity contribution in [2.75, 3.05) is 25.1 Å². The number of anilines is 2. The summed E-state index contributed by atoms with van der Waals surface area (Å²) in [6.45, 7) is 1.96. The molecule has 0 saturated heterocycles. The van der Waals surface area contributed by atoms with E-state index >= 15 is 0 Å². The molecule has 0 saturated carbocycles. The molecule has 2 aromatic heterocycles. The predicted octanol–water partition coefficient (Wildman–Crippen LogP) is 4.30. The molecule has 4 rings (SSSR count). The molecule has 2 aromatic carbocycles. The van der Waals surface area contributed by atoms with E-state index in [1.165, 1.54) is 4.90 Å². The summed E-state index contributed by atoms with van der Waals surface area (Å²) in [5.41, 5.74) is 9.23. The van der Waals surface area contributed by atoms with E-state index in [2.05, 4.69) is 25.5 Å². The van der Waals surface area contributed by atoms with Gasteiger partial charge in [-0.1, -0.05) is 41.0 Å². The van der Waals surface area contributed by atoms with Gasteiger partial charge in [0.2, 0.25) is 0 Å². The molecule has 0 aliphatic carbocycles. The minimum atomic E-state index is -0.0891. The first-order chi connectivity index (χ1) is 15.8. The van der Waals surface area contributed by atoms with E-state index in [4.69, 9.17) is 21.8 Å². The molecular formula is C23H22ClN7O2. The molecule has 2 heterocycles. The van der Waals surface area contributed by atoms with Crippen molar-refractivity contribution >= 4 is 29.3 Å². The van der Waals surface area contributed by atoms with Crippen LogP contribution in [0.25, 0.3) is 22.8 Å². The second-order valence-electron chi connectivity index (χ2n) is 7.60. The van der Waals surface area contributed by atoms with E-state index in [1.54, 1.807) is 44.6 Å². The minimum absolute atomic E-state index is 0.0793. The maximum atomic E-state index is 12.1. The van der Waals surface area contributed by atoms with Crippen LogP contribution in [0.2, 0.25) is 5.02 Å². The molecule has 0 unspecified atom stereocenters. The van der Waals surface area contributed by atoms with Crippen LogP contribution in [0.5, 0.6) is 0 Å². The van der Waals surface area contributed by atoms with Crippen LogP contribution < -0.4 is 11.1 Å². The van der Waals surface area contributed by atoms with Crippen LogP contribution in [-0.4, -0.2) is 45.1 Å². The Kier molecular flexibility index (Phi) is 6.23. The van der Waals surface area contributed by atoms with Gasteiger partial charge in [0, 0.05) is 30.2 Å². The van der Waals surface area contributed by atoms with E-state index < -0.39 is 0 Å². The molecule has 0 aliphatic heterocycles.